The Hall–Kier alpha value is -1.46. The van der Waals surface area contributed by atoms with Crippen LogP contribution in [0, 0.1) is 6.92 Å². The molecule has 5 heteroatoms. The van der Waals surface area contributed by atoms with Crippen LogP contribution in [0.2, 0.25) is 0 Å². The summed E-state index contributed by atoms with van der Waals surface area (Å²) in [5, 5.41) is 22.2. The molecule has 1 heterocycles. The molecule has 2 N–H and O–H groups in total. The number of aryl methyl sites for hydroxylation is 1. The molecule has 0 fully saturated rings. The fourth-order valence-electron chi connectivity index (χ4n) is 1.81. The molecule has 0 aliphatic rings. The standard InChI is InChI=1S/C13H17N3OS/c1-10-15-16-13(18-10)14-12(8-5-9-17)11-6-3-2-4-7-11/h2-4,6-7,12,17H,5,8-9H2,1H3,(H,14,16). The maximum Gasteiger partial charge on any atom is 0.206 e. The van der Waals surface area contributed by atoms with E-state index in [1.54, 1.807) is 11.3 Å². The van der Waals surface area contributed by atoms with Crippen molar-refractivity contribution in [2.75, 3.05) is 11.9 Å². The average molecular weight is 263 g/mol. The summed E-state index contributed by atoms with van der Waals surface area (Å²) in [6.07, 6.45) is 1.64. The molecule has 0 bridgehead atoms. The number of benzene rings is 1. The zero-order valence-corrected chi connectivity index (χ0v) is 11.2. The monoisotopic (exact) mass is 263 g/mol. The Balaban J connectivity index is 2.10. The molecule has 0 spiro atoms. The molecule has 1 aromatic carbocycles. The highest BCUT2D eigenvalue weighted by molar-refractivity contribution is 7.15. The van der Waals surface area contributed by atoms with Gasteiger partial charge in [-0.3, -0.25) is 0 Å². The van der Waals surface area contributed by atoms with Gasteiger partial charge in [-0.2, -0.15) is 0 Å². The lowest BCUT2D eigenvalue weighted by atomic mass is 10.0. The molecule has 2 rings (SSSR count). The van der Waals surface area contributed by atoms with E-state index >= 15 is 0 Å². The van der Waals surface area contributed by atoms with Crippen molar-refractivity contribution in [3.05, 3.63) is 40.9 Å². The molecule has 18 heavy (non-hydrogen) atoms. The number of nitrogens with one attached hydrogen (secondary N) is 1. The molecular weight excluding hydrogens is 246 g/mol. The highest BCUT2D eigenvalue weighted by Gasteiger charge is 2.12. The molecule has 1 unspecified atom stereocenters. The van der Waals surface area contributed by atoms with Crippen LogP contribution in [-0.4, -0.2) is 21.9 Å². The van der Waals surface area contributed by atoms with Gasteiger partial charge in [0.1, 0.15) is 5.01 Å². The first kappa shape index (κ1) is 13.0. The van der Waals surface area contributed by atoms with Gasteiger partial charge in [0, 0.05) is 6.61 Å². The van der Waals surface area contributed by atoms with Crippen molar-refractivity contribution in [3.63, 3.8) is 0 Å². The van der Waals surface area contributed by atoms with Gasteiger partial charge in [0.25, 0.3) is 0 Å². The third-order valence-corrected chi connectivity index (χ3v) is 3.45. The summed E-state index contributed by atoms with van der Waals surface area (Å²) in [7, 11) is 0. The fourth-order valence-corrected chi connectivity index (χ4v) is 2.45. The molecule has 0 radical (unpaired) electrons. The topological polar surface area (TPSA) is 58.0 Å². The number of aromatic nitrogens is 2. The highest BCUT2D eigenvalue weighted by Crippen LogP contribution is 2.25. The van der Waals surface area contributed by atoms with Crippen LogP contribution in [0.1, 0.15) is 29.5 Å². The van der Waals surface area contributed by atoms with Gasteiger partial charge in [0.05, 0.1) is 6.04 Å². The van der Waals surface area contributed by atoms with Crippen molar-refractivity contribution in [3.8, 4) is 0 Å². The van der Waals surface area contributed by atoms with E-state index in [0.717, 1.165) is 23.0 Å². The van der Waals surface area contributed by atoms with Crippen LogP contribution >= 0.6 is 11.3 Å². The van der Waals surface area contributed by atoms with Gasteiger partial charge >= 0.3 is 0 Å². The Morgan fingerprint density at radius 2 is 2.06 bits per heavy atom. The van der Waals surface area contributed by atoms with E-state index in [1.807, 2.05) is 25.1 Å². The van der Waals surface area contributed by atoms with Crippen LogP contribution in [0.15, 0.2) is 30.3 Å². The second kappa shape index (κ2) is 6.47. The van der Waals surface area contributed by atoms with E-state index in [2.05, 4.69) is 27.6 Å². The van der Waals surface area contributed by atoms with E-state index in [4.69, 9.17) is 5.11 Å². The number of hydrogen-bond donors (Lipinski definition) is 2. The first-order chi connectivity index (χ1) is 8.79. The van der Waals surface area contributed by atoms with Gasteiger partial charge in [-0.25, -0.2) is 0 Å². The van der Waals surface area contributed by atoms with E-state index in [-0.39, 0.29) is 12.6 Å². The van der Waals surface area contributed by atoms with Gasteiger partial charge in [-0.15, -0.1) is 10.2 Å². The Kier molecular flexibility index (Phi) is 4.66. The van der Waals surface area contributed by atoms with E-state index < -0.39 is 0 Å². The molecule has 0 aliphatic carbocycles. The highest BCUT2D eigenvalue weighted by atomic mass is 32.1. The van der Waals surface area contributed by atoms with Crippen LogP contribution in [0.5, 0.6) is 0 Å². The largest absolute Gasteiger partial charge is 0.396 e. The van der Waals surface area contributed by atoms with Crippen molar-refractivity contribution < 1.29 is 5.11 Å². The zero-order valence-electron chi connectivity index (χ0n) is 10.3. The fraction of sp³-hybridized carbons (Fsp3) is 0.385. The number of aliphatic hydroxyl groups is 1. The Labute approximate surface area is 111 Å². The van der Waals surface area contributed by atoms with Crippen LogP contribution in [0.3, 0.4) is 0 Å². The van der Waals surface area contributed by atoms with E-state index in [9.17, 15) is 0 Å². The van der Waals surface area contributed by atoms with Crippen molar-refractivity contribution in [2.45, 2.75) is 25.8 Å². The first-order valence-corrected chi connectivity index (χ1v) is 6.83. The smallest absolute Gasteiger partial charge is 0.206 e. The van der Waals surface area contributed by atoms with Crippen LogP contribution in [0.25, 0.3) is 0 Å². The maximum atomic E-state index is 8.98. The van der Waals surface area contributed by atoms with Crippen molar-refractivity contribution in [1.82, 2.24) is 10.2 Å². The minimum Gasteiger partial charge on any atom is -0.396 e. The lowest BCUT2D eigenvalue weighted by molar-refractivity contribution is 0.281. The summed E-state index contributed by atoms with van der Waals surface area (Å²) in [5.74, 6) is 0. The average Bonchev–Trinajstić information content (AvgIpc) is 2.81. The van der Waals surface area contributed by atoms with Crippen molar-refractivity contribution >= 4 is 16.5 Å². The Morgan fingerprint density at radius 1 is 1.28 bits per heavy atom. The lowest BCUT2D eigenvalue weighted by Gasteiger charge is -2.17. The number of hydrogen-bond acceptors (Lipinski definition) is 5. The van der Waals surface area contributed by atoms with Crippen LogP contribution in [-0.2, 0) is 0 Å². The zero-order chi connectivity index (χ0) is 12.8. The summed E-state index contributed by atoms with van der Waals surface area (Å²) >= 11 is 1.55. The van der Waals surface area contributed by atoms with Gasteiger partial charge < -0.3 is 10.4 Å². The summed E-state index contributed by atoms with van der Waals surface area (Å²) in [5.41, 5.74) is 1.21. The lowest BCUT2D eigenvalue weighted by Crippen LogP contribution is -2.11. The predicted octanol–water partition coefficient (Wildman–Crippen LogP) is 2.77. The number of anilines is 1. The van der Waals surface area contributed by atoms with Crippen LogP contribution < -0.4 is 5.32 Å². The van der Waals surface area contributed by atoms with Gasteiger partial charge in [-0.05, 0) is 25.3 Å². The normalized spacial score (nSPS) is 12.3. The van der Waals surface area contributed by atoms with Crippen molar-refractivity contribution in [1.29, 1.82) is 0 Å². The second-order valence-electron chi connectivity index (χ2n) is 4.10. The molecule has 1 aromatic heterocycles. The SMILES string of the molecule is Cc1nnc(NC(CCCO)c2ccccc2)s1. The predicted molar refractivity (Wildman–Crippen MR) is 73.8 cm³/mol. The van der Waals surface area contributed by atoms with Gasteiger partial charge in [0.15, 0.2) is 0 Å². The third-order valence-electron chi connectivity index (χ3n) is 2.68. The number of rotatable bonds is 6. The van der Waals surface area contributed by atoms with Crippen molar-refractivity contribution in [2.24, 2.45) is 0 Å². The van der Waals surface area contributed by atoms with Gasteiger partial charge in [0.2, 0.25) is 5.13 Å². The quantitative estimate of drug-likeness (QED) is 0.841. The first-order valence-electron chi connectivity index (χ1n) is 6.02. The molecule has 1 atom stereocenters. The molecular formula is C13H17N3OS. The molecule has 0 amide bonds. The number of nitrogens with zero attached hydrogens (tertiary/aromatic N) is 2. The molecule has 0 aliphatic heterocycles. The molecule has 0 saturated heterocycles. The van der Waals surface area contributed by atoms with E-state index in [1.165, 1.54) is 5.56 Å². The molecule has 0 saturated carbocycles. The maximum absolute atomic E-state index is 8.98. The minimum atomic E-state index is 0.172. The Bertz CT molecular complexity index is 472. The van der Waals surface area contributed by atoms with E-state index in [0.29, 0.717) is 0 Å². The molecule has 4 nitrogen and oxygen atoms in total. The second-order valence-corrected chi connectivity index (χ2v) is 5.28. The summed E-state index contributed by atoms with van der Waals surface area (Å²) in [6.45, 7) is 2.15. The molecule has 2 aromatic rings. The third kappa shape index (κ3) is 3.51. The summed E-state index contributed by atoms with van der Waals surface area (Å²) in [4.78, 5) is 0. The Morgan fingerprint density at radius 3 is 2.67 bits per heavy atom. The molecule has 96 valence electrons. The van der Waals surface area contributed by atoms with Gasteiger partial charge in [-0.1, -0.05) is 41.7 Å². The number of aliphatic hydroxyl groups excluding tert-OH is 1. The summed E-state index contributed by atoms with van der Waals surface area (Å²) < 4.78 is 0. The minimum absolute atomic E-state index is 0.172. The van der Waals surface area contributed by atoms with Crippen LogP contribution in [0.4, 0.5) is 5.13 Å². The summed E-state index contributed by atoms with van der Waals surface area (Å²) in [6, 6.07) is 10.4.